The monoisotopic (exact) mass is 617 g/mol. The maximum Gasteiger partial charge on any atom is 0.419 e. The minimum atomic E-state index is -4.87. The van der Waals surface area contributed by atoms with Gasteiger partial charge in [-0.2, -0.15) is 13.2 Å². The summed E-state index contributed by atoms with van der Waals surface area (Å²) < 4.78 is 113. The first kappa shape index (κ1) is 33.4. The van der Waals surface area contributed by atoms with E-state index in [9.17, 15) is 39.9 Å². The van der Waals surface area contributed by atoms with Gasteiger partial charge in [0.05, 0.1) is 23.2 Å². The number of halogens is 6. The number of benzene rings is 3. The first-order valence-corrected chi connectivity index (χ1v) is 15.0. The highest BCUT2D eigenvalue weighted by Crippen LogP contribution is 2.34. The Labute approximate surface area is 241 Å². The second kappa shape index (κ2) is 13.0. The lowest BCUT2D eigenvalue weighted by Gasteiger charge is -2.33. The van der Waals surface area contributed by atoms with Crippen molar-refractivity contribution in [1.82, 2.24) is 4.90 Å². The zero-order valence-corrected chi connectivity index (χ0v) is 24.4. The second-order valence-corrected chi connectivity index (χ2v) is 12.8. The van der Waals surface area contributed by atoms with E-state index in [1.807, 2.05) is 13.8 Å². The number of aliphatic hydroxyl groups is 1. The molecule has 0 amide bonds. The third-order valence-electron chi connectivity index (χ3n) is 6.79. The summed E-state index contributed by atoms with van der Waals surface area (Å²) >= 11 is 0. The molecule has 5 nitrogen and oxygen atoms in total. The van der Waals surface area contributed by atoms with E-state index < -0.39 is 55.4 Å². The Bertz CT molecular complexity index is 1490. The normalized spacial score (nSPS) is 13.4. The molecule has 1 N–H and O–H groups in total. The molecule has 42 heavy (non-hydrogen) atoms. The highest BCUT2D eigenvalue weighted by molar-refractivity contribution is 7.90. The van der Waals surface area contributed by atoms with Crippen LogP contribution in [0.15, 0.2) is 59.5 Å². The molecule has 0 spiro atoms. The zero-order valence-electron chi connectivity index (χ0n) is 23.6. The van der Waals surface area contributed by atoms with E-state index >= 15 is 0 Å². The summed E-state index contributed by atoms with van der Waals surface area (Å²) in [4.78, 5) is 1.33. The van der Waals surface area contributed by atoms with Gasteiger partial charge in [0, 0.05) is 48.5 Å². The number of sulfone groups is 1. The van der Waals surface area contributed by atoms with Crippen molar-refractivity contribution in [1.29, 1.82) is 0 Å². The highest BCUT2D eigenvalue weighted by atomic mass is 32.2. The van der Waals surface area contributed by atoms with Gasteiger partial charge in [-0.25, -0.2) is 21.6 Å². The molecule has 230 valence electrons. The van der Waals surface area contributed by atoms with Gasteiger partial charge in [0.15, 0.2) is 9.84 Å². The van der Waals surface area contributed by atoms with Crippen LogP contribution in [0.25, 0.3) is 0 Å². The fraction of sp³-hybridized carbons (Fsp3) is 0.400. The Hall–Kier alpha value is -3.09. The lowest BCUT2D eigenvalue weighted by Crippen LogP contribution is -2.38. The van der Waals surface area contributed by atoms with Gasteiger partial charge < -0.3 is 9.84 Å². The molecule has 1 atom stereocenters. The van der Waals surface area contributed by atoms with Crippen LogP contribution in [0.1, 0.15) is 55.5 Å². The Kier molecular flexibility index (Phi) is 10.4. The number of hydrogen-bond donors (Lipinski definition) is 1. The standard InChI is InChI=1S/C30H33F6NO4S/c1-19(38)27-25(32)15-23(16-26(27)42(4,39)40)41-14-6-13-37(18-29(2,3)21-9-11-22(31)12-10-21)17-20-7-5-8-24(28(20)33)30(34,35)36/h5,7-12,15-16,19,38H,6,13-14,17-18H2,1-4H3. The van der Waals surface area contributed by atoms with Gasteiger partial charge in [-0.3, -0.25) is 4.90 Å². The lowest BCUT2D eigenvalue weighted by atomic mass is 9.84. The maximum absolute atomic E-state index is 14.9. The molecule has 0 aliphatic rings. The molecule has 0 fully saturated rings. The third-order valence-corrected chi connectivity index (χ3v) is 7.93. The average Bonchev–Trinajstić information content (AvgIpc) is 2.86. The van der Waals surface area contributed by atoms with Gasteiger partial charge in [0.1, 0.15) is 23.2 Å². The summed E-state index contributed by atoms with van der Waals surface area (Å²) in [5, 5.41) is 9.85. The number of nitrogens with zero attached hydrogens (tertiary/aromatic N) is 1. The summed E-state index contributed by atoms with van der Waals surface area (Å²) in [6.07, 6.45) is -5.10. The van der Waals surface area contributed by atoms with E-state index in [-0.39, 0.29) is 49.5 Å². The van der Waals surface area contributed by atoms with Crippen molar-refractivity contribution in [2.45, 2.75) is 56.3 Å². The predicted molar refractivity (Wildman–Crippen MR) is 146 cm³/mol. The van der Waals surface area contributed by atoms with Crippen molar-refractivity contribution in [2.75, 3.05) is 26.0 Å². The predicted octanol–water partition coefficient (Wildman–Crippen LogP) is 6.83. The van der Waals surface area contributed by atoms with E-state index in [0.717, 1.165) is 30.0 Å². The molecule has 0 saturated heterocycles. The van der Waals surface area contributed by atoms with Crippen LogP contribution in [0.3, 0.4) is 0 Å². The van der Waals surface area contributed by atoms with Crippen LogP contribution in [0.4, 0.5) is 26.3 Å². The molecule has 0 aliphatic heterocycles. The minimum absolute atomic E-state index is 0.0325. The van der Waals surface area contributed by atoms with Crippen LogP contribution in [-0.2, 0) is 28.0 Å². The summed E-state index contributed by atoms with van der Waals surface area (Å²) in [5.41, 5.74) is -1.75. The van der Waals surface area contributed by atoms with E-state index in [4.69, 9.17) is 4.74 Å². The highest BCUT2D eigenvalue weighted by Gasteiger charge is 2.35. The Morgan fingerprint density at radius 3 is 2.21 bits per heavy atom. The second-order valence-electron chi connectivity index (χ2n) is 10.8. The topological polar surface area (TPSA) is 66.8 Å². The number of ether oxygens (including phenoxy) is 1. The summed E-state index contributed by atoms with van der Waals surface area (Å²) in [5.74, 6) is -2.83. The summed E-state index contributed by atoms with van der Waals surface area (Å²) in [6, 6.07) is 11.0. The van der Waals surface area contributed by atoms with Crippen molar-refractivity contribution in [2.24, 2.45) is 0 Å². The van der Waals surface area contributed by atoms with E-state index in [2.05, 4.69) is 0 Å². The first-order chi connectivity index (χ1) is 19.4. The van der Waals surface area contributed by atoms with Crippen molar-refractivity contribution < 1.29 is 44.6 Å². The quantitative estimate of drug-likeness (QED) is 0.178. The van der Waals surface area contributed by atoms with Crippen molar-refractivity contribution in [3.63, 3.8) is 0 Å². The van der Waals surface area contributed by atoms with Crippen LogP contribution >= 0.6 is 0 Å². The van der Waals surface area contributed by atoms with Crippen molar-refractivity contribution >= 4 is 9.84 Å². The zero-order chi connectivity index (χ0) is 31.5. The van der Waals surface area contributed by atoms with Crippen LogP contribution in [0.5, 0.6) is 5.75 Å². The van der Waals surface area contributed by atoms with Crippen LogP contribution in [-0.4, -0.2) is 44.4 Å². The number of hydrogen-bond acceptors (Lipinski definition) is 5. The smallest absolute Gasteiger partial charge is 0.419 e. The molecule has 0 saturated carbocycles. The Balaban J connectivity index is 1.82. The van der Waals surface area contributed by atoms with Crippen LogP contribution in [0.2, 0.25) is 0 Å². The molecule has 0 radical (unpaired) electrons. The summed E-state index contributed by atoms with van der Waals surface area (Å²) in [7, 11) is -3.90. The molecule has 0 bridgehead atoms. The van der Waals surface area contributed by atoms with Crippen molar-refractivity contribution in [3.8, 4) is 5.75 Å². The fourth-order valence-electron chi connectivity index (χ4n) is 4.77. The Morgan fingerprint density at radius 1 is 1.00 bits per heavy atom. The SMILES string of the molecule is CC(O)c1c(F)cc(OCCCN(Cc2cccc(C(F)(F)F)c2F)CC(C)(C)c2ccc(F)cc2)cc1S(C)(=O)=O. The maximum atomic E-state index is 14.9. The number of alkyl halides is 3. The third kappa shape index (κ3) is 8.48. The van der Waals surface area contributed by atoms with E-state index in [1.165, 1.54) is 25.1 Å². The first-order valence-electron chi connectivity index (χ1n) is 13.1. The van der Waals surface area contributed by atoms with Gasteiger partial charge in [-0.05, 0) is 43.2 Å². The van der Waals surface area contributed by atoms with E-state index in [1.54, 1.807) is 17.0 Å². The van der Waals surface area contributed by atoms with Gasteiger partial charge in [0.25, 0.3) is 0 Å². The molecule has 1 unspecified atom stereocenters. The minimum Gasteiger partial charge on any atom is -0.493 e. The molecule has 0 aliphatic carbocycles. The van der Waals surface area contributed by atoms with Crippen LogP contribution < -0.4 is 4.74 Å². The van der Waals surface area contributed by atoms with Gasteiger partial charge in [-0.1, -0.05) is 38.1 Å². The number of rotatable bonds is 12. The van der Waals surface area contributed by atoms with Gasteiger partial charge in [-0.15, -0.1) is 0 Å². The van der Waals surface area contributed by atoms with Crippen molar-refractivity contribution in [3.05, 3.63) is 94.3 Å². The van der Waals surface area contributed by atoms with E-state index in [0.29, 0.717) is 6.07 Å². The molecule has 12 heteroatoms. The average molecular weight is 618 g/mol. The van der Waals surface area contributed by atoms with Gasteiger partial charge in [0.2, 0.25) is 0 Å². The van der Waals surface area contributed by atoms with Gasteiger partial charge >= 0.3 is 6.18 Å². The molecule has 3 rings (SSSR count). The molecular weight excluding hydrogens is 584 g/mol. The molecule has 3 aromatic carbocycles. The van der Waals surface area contributed by atoms with Crippen LogP contribution in [0, 0.1) is 17.5 Å². The Morgan fingerprint density at radius 2 is 1.64 bits per heavy atom. The summed E-state index contributed by atoms with van der Waals surface area (Å²) in [6.45, 7) is 5.24. The lowest BCUT2D eigenvalue weighted by molar-refractivity contribution is -0.140. The molecule has 0 aromatic heterocycles. The molecule has 3 aromatic rings. The largest absolute Gasteiger partial charge is 0.493 e. The number of aliphatic hydroxyl groups excluding tert-OH is 1. The molecular formula is C30H33F6NO4S. The molecule has 0 heterocycles. The fourth-order valence-corrected chi connectivity index (χ4v) is 5.77.